The molecule has 1 unspecified atom stereocenters. The highest BCUT2D eigenvalue weighted by Gasteiger charge is 2.31. The summed E-state index contributed by atoms with van der Waals surface area (Å²) in [5, 5.41) is 0. The van der Waals surface area contributed by atoms with Gasteiger partial charge < -0.3 is 14.3 Å². The number of aldehydes is 1. The standard InChI is InChI=1S/C14H17NO5S/c16-10-11-2-1-5-15(9-11)21(17,18)12-3-4-13-14(8-12)20-7-6-19-13/h3-4,8,10-11H,1-2,5-7,9H2. The van der Waals surface area contributed by atoms with Crippen LogP contribution in [0.1, 0.15) is 12.8 Å². The molecule has 0 aromatic heterocycles. The summed E-state index contributed by atoms with van der Waals surface area (Å²) < 4.78 is 37.5. The van der Waals surface area contributed by atoms with Crippen LogP contribution in [0.25, 0.3) is 0 Å². The van der Waals surface area contributed by atoms with E-state index >= 15 is 0 Å². The van der Waals surface area contributed by atoms with Crippen molar-refractivity contribution < 1.29 is 22.7 Å². The number of nitrogens with zero attached hydrogens (tertiary/aromatic N) is 1. The van der Waals surface area contributed by atoms with Gasteiger partial charge in [-0.1, -0.05) is 0 Å². The maximum absolute atomic E-state index is 12.6. The Labute approximate surface area is 123 Å². The zero-order valence-electron chi connectivity index (χ0n) is 11.5. The Morgan fingerprint density at radius 3 is 2.71 bits per heavy atom. The van der Waals surface area contributed by atoms with Crippen LogP contribution in [0.3, 0.4) is 0 Å². The number of piperidine rings is 1. The summed E-state index contributed by atoms with van der Waals surface area (Å²) >= 11 is 0. The van der Waals surface area contributed by atoms with Gasteiger partial charge in [0.05, 0.1) is 4.90 Å². The average Bonchev–Trinajstić information content (AvgIpc) is 2.54. The van der Waals surface area contributed by atoms with Crippen molar-refractivity contribution in [3.8, 4) is 11.5 Å². The molecule has 114 valence electrons. The van der Waals surface area contributed by atoms with E-state index < -0.39 is 10.0 Å². The summed E-state index contributed by atoms with van der Waals surface area (Å²) in [6, 6.07) is 4.63. The molecule has 1 aromatic carbocycles. The van der Waals surface area contributed by atoms with E-state index in [2.05, 4.69) is 0 Å². The Morgan fingerprint density at radius 1 is 1.19 bits per heavy atom. The van der Waals surface area contributed by atoms with Crippen molar-refractivity contribution >= 4 is 16.3 Å². The molecule has 1 aromatic rings. The maximum Gasteiger partial charge on any atom is 0.243 e. The number of rotatable bonds is 3. The Bertz CT molecular complexity index is 643. The highest BCUT2D eigenvalue weighted by atomic mass is 32.2. The largest absolute Gasteiger partial charge is 0.486 e. The second-order valence-electron chi connectivity index (χ2n) is 5.21. The third-order valence-corrected chi connectivity index (χ3v) is 5.63. The zero-order chi connectivity index (χ0) is 14.9. The molecule has 3 rings (SSSR count). The van der Waals surface area contributed by atoms with E-state index in [1.807, 2.05) is 0 Å². The van der Waals surface area contributed by atoms with Gasteiger partial charge in [-0.25, -0.2) is 8.42 Å². The molecule has 0 bridgehead atoms. The minimum atomic E-state index is -3.60. The molecule has 1 saturated heterocycles. The van der Waals surface area contributed by atoms with E-state index in [4.69, 9.17) is 9.47 Å². The molecule has 0 aliphatic carbocycles. The first-order chi connectivity index (χ1) is 10.1. The summed E-state index contributed by atoms with van der Waals surface area (Å²) in [6.45, 7) is 1.57. The minimum absolute atomic E-state index is 0.179. The van der Waals surface area contributed by atoms with Crippen LogP contribution in [0.5, 0.6) is 11.5 Å². The SMILES string of the molecule is O=CC1CCCN(S(=O)(=O)c2ccc3c(c2)OCCO3)C1. The molecular formula is C14H17NO5S. The number of hydrogen-bond donors (Lipinski definition) is 0. The number of carbonyl (C=O) groups is 1. The molecular weight excluding hydrogens is 294 g/mol. The fraction of sp³-hybridized carbons (Fsp3) is 0.500. The van der Waals surface area contributed by atoms with Gasteiger partial charge in [0.25, 0.3) is 0 Å². The first kappa shape index (κ1) is 14.3. The van der Waals surface area contributed by atoms with Gasteiger partial charge in [0.1, 0.15) is 19.5 Å². The van der Waals surface area contributed by atoms with E-state index in [1.165, 1.54) is 16.4 Å². The quantitative estimate of drug-likeness (QED) is 0.780. The molecule has 0 radical (unpaired) electrons. The van der Waals surface area contributed by atoms with Gasteiger partial charge in [-0.2, -0.15) is 4.31 Å². The summed E-state index contributed by atoms with van der Waals surface area (Å²) in [4.78, 5) is 11.1. The van der Waals surface area contributed by atoms with E-state index in [0.717, 1.165) is 12.7 Å². The van der Waals surface area contributed by atoms with Gasteiger partial charge in [-0.15, -0.1) is 0 Å². The lowest BCUT2D eigenvalue weighted by molar-refractivity contribution is -0.112. The highest BCUT2D eigenvalue weighted by molar-refractivity contribution is 7.89. The van der Waals surface area contributed by atoms with E-state index in [9.17, 15) is 13.2 Å². The first-order valence-electron chi connectivity index (χ1n) is 6.96. The van der Waals surface area contributed by atoms with Crippen LogP contribution in [0, 0.1) is 5.92 Å². The van der Waals surface area contributed by atoms with E-state index in [-0.39, 0.29) is 17.4 Å². The summed E-state index contributed by atoms with van der Waals surface area (Å²) in [5.74, 6) is 0.793. The Morgan fingerprint density at radius 2 is 1.95 bits per heavy atom. The highest BCUT2D eigenvalue weighted by Crippen LogP contribution is 2.33. The maximum atomic E-state index is 12.6. The van der Waals surface area contributed by atoms with Crippen molar-refractivity contribution in [2.24, 2.45) is 5.92 Å². The van der Waals surface area contributed by atoms with Crippen LogP contribution in [-0.4, -0.2) is 45.3 Å². The summed E-state index contributed by atoms with van der Waals surface area (Å²) in [7, 11) is -3.60. The van der Waals surface area contributed by atoms with E-state index in [1.54, 1.807) is 6.07 Å². The molecule has 6 nitrogen and oxygen atoms in total. The van der Waals surface area contributed by atoms with Crippen LogP contribution in [0.4, 0.5) is 0 Å². The van der Waals surface area contributed by atoms with Gasteiger partial charge in [-0.05, 0) is 25.0 Å². The number of benzene rings is 1. The molecule has 1 fully saturated rings. The molecule has 0 amide bonds. The molecule has 2 aliphatic heterocycles. The van der Waals surface area contributed by atoms with Crippen LogP contribution in [0.2, 0.25) is 0 Å². The lowest BCUT2D eigenvalue weighted by Crippen LogP contribution is -2.40. The zero-order valence-corrected chi connectivity index (χ0v) is 12.3. The molecule has 7 heteroatoms. The Balaban J connectivity index is 1.89. The molecule has 0 N–H and O–H groups in total. The number of carbonyl (C=O) groups excluding carboxylic acids is 1. The predicted octanol–water partition coefficient (Wildman–Crippen LogP) is 1.06. The van der Waals surface area contributed by atoms with Crippen LogP contribution in [0.15, 0.2) is 23.1 Å². The Hall–Kier alpha value is -1.60. The number of hydrogen-bond acceptors (Lipinski definition) is 5. The van der Waals surface area contributed by atoms with Gasteiger partial charge in [0.2, 0.25) is 10.0 Å². The van der Waals surface area contributed by atoms with Crippen molar-refractivity contribution in [2.45, 2.75) is 17.7 Å². The number of sulfonamides is 1. The fourth-order valence-corrected chi connectivity index (χ4v) is 4.19. The fourth-order valence-electron chi connectivity index (χ4n) is 2.64. The van der Waals surface area contributed by atoms with Gasteiger partial charge in [-0.3, -0.25) is 0 Å². The van der Waals surface area contributed by atoms with Crippen molar-refractivity contribution in [1.29, 1.82) is 0 Å². The third kappa shape index (κ3) is 2.75. The van der Waals surface area contributed by atoms with Crippen LogP contribution in [-0.2, 0) is 14.8 Å². The van der Waals surface area contributed by atoms with Crippen LogP contribution < -0.4 is 9.47 Å². The predicted molar refractivity (Wildman–Crippen MR) is 75.0 cm³/mol. The monoisotopic (exact) mass is 311 g/mol. The minimum Gasteiger partial charge on any atom is -0.486 e. The smallest absolute Gasteiger partial charge is 0.243 e. The number of fused-ring (bicyclic) bond motifs is 1. The topological polar surface area (TPSA) is 72.9 Å². The summed E-state index contributed by atoms with van der Waals surface area (Å²) in [6.07, 6.45) is 2.29. The van der Waals surface area contributed by atoms with Gasteiger partial charge >= 0.3 is 0 Å². The normalized spacial score (nSPS) is 22.8. The Kier molecular flexibility index (Phi) is 3.86. The number of ether oxygens (including phenoxy) is 2. The molecule has 21 heavy (non-hydrogen) atoms. The molecule has 2 aliphatic rings. The van der Waals surface area contributed by atoms with Crippen molar-refractivity contribution in [2.75, 3.05) is 26.3 Å². The lowest BCUT2D eigenvalue weighted by Gasteiger charge is -2.29. The van der Waals surface area contributed by atoms with Crippen molar-refractivity contribution in [3.63, 3.8) is 0 Å². The first-order valence-corrected chi connectivity index (χ1v) is 8.40. The van der Waals surface area contributed by atoms with Crippen LogP contribution >= 0.6 is 0 Å². The van der Waals surface area contributed by atoms with Gasteiger partial charge in [0, 0.05) is 25.1 Å². The lowest BCUT2D eigenvalue weighted by atomic mass is 10.0. The third-order valence-electron chi connectivity index (χ3n) is 3.76. The molecule has 2 heterocycles. The van der Waals surface area contributed by atoms with Gasteiger partial charge in [0.15, 0.2) is 11.5 Å². The molecule has 0 saturated carbocycles. The molecule has 0 spiro atoms. The second kappa shape index (κ2) is 5.65. The average molecular weight is 311 g/mol. The molecule has 1 atom stereocenters. The van der Waals surface area contributed by atoms with Crippen molar-refractivity contribution in [3.05, 3.63) is 18.2 Å². The second-order valence-corrected chi connectivity index (χ2v) is 7.14. The summed E-state index contributed by atoms with van der Waals surface area (Å²) in [5.41, 5.74) is 0. The van der Waals surface area contributed by atoms with E-state index in [0.29, 0.717) is 37.7 Å². The van der Waals surface area contributed by atoms with Crippen molar-refractivity contribution in [1.82, 2.24) is 4.31 Å².